The van der Waals surface area contributed by atoms with Gasteiger partial charge in [0, 0.05) is 24.6 Å². The number of nitrogens with zero attached hydrogens (tertiary/aromatic N) is 5. The van der Waals surface area contributed by atoms with Gasteiger partial charge in [-0.05, 0) is 19.1 Å². The summed E-state index contributed by atoms with van der Waals surface area (Å²) < 4.78 is 16.1. The molecule has 0 saturated heterocycles. The van der Waals surface area contributed by atoms with Gasteiger partial charge in [-0.15, -0.1) is 28.1 Å². The lowest BCUT2D eigenvalue weighted by Gasteiger charge is -2.18. The van der Waals surface area contributed by atoms with Crippen LogP contribution in [-0.4, -0.2) is 25.7 Å². The van der Waals surface area contributed by atoms with Gasteiger partial charge < -0.3 is 4.57 Å². The van der Waals surface area contributed by atoms with Crippen molar-refractivity contribution in [2.75, 3.05) is 4.90 Å². The molecule has 0 atom stereocenters. The van der Waals surface area contributed by atoms with Crippen molar-refractivity contribution in [1.29, 1.82) is 0 Å². The second kappa shape index (κ2) is 8.45. The first kappa shape index (κ1) is 19.2. The van der Waals surface area contributed by atoms with E-state index in [9.17, 15) is 9.18 Å². The highest BCUT2D eigenvalue weighted by molar-refractivity contribution is 7.98. The minimum Gasteiger partial charge on any atom is -0.302 e. The van der Waals surface area contributed by atoms with E-state index in [1.807, 2.05) is 16.9 Å². The molecule has 0 saturated carbocycles. The number of allylic oxidation sites excluding steroid dienone is 1. The average Bonchev–Trinajstić information content (AvgIpc) is 3.23. The number of aryl methyl sites for hydroxylation is 1. The summed E-state index contributed by atoms with van der Waals surface area (Å²) in [6, 6.07) is 6.16. The van der Waals surface area contributed by atoms with Crippen LogP contribution in [-0.2, 0) is 17.1 Å². The summed E-state index contributed by atoms with van der Waals surface area (Å²) in [5.74, 6) is 0.620. The van der Waals surface area contributed by atoms with Crippen molar-refractivity contribution in [3.8, 4) is 0 Å². The topological polar surface area (TPSA) is 63.9 Å². The summed E-state index contributed by atoms with van der Waals surface area (Å²) in [5.41, 5.74) is 0.980. The van der Waals surface area contributed by atoms with Crippen molar-refractivity contribution in [3.63, 3.8) is 0 Å². The highest BCUT2D eigenvalue weighted by Gasteiger charge is 2.21. The van der Waals surface area contributed by atoms with Gasteiger partial charge in [-0.25, -0.2) is 9.37 Å². The molecule has 0 aliphatic carbocycles. The van der Waals surface area contributed by atoms with Crippen molar-refractivity contribution in [2.45, 2.75) is 31.3 Å². The third-order valence-electron chi connectivity index (χ3n) is 3.70. The molecule has 2 heterocycles. The van der Waals surface area contributed by atoms with E-state index in [0.717, 1.165) is 16.7 Å². The molecule has 3 aromatic rings. The van der Waals surface area contributed by atoms with Gasteiger partial charge in [-0.2, -0.15) is 0 Å². The molecule has 1 amide bonds. The fourth-order valence-electron chi connectivity index (χ4n) is 2.45. The van der Waals surface area contributed by atoms with Crippen LogP contribution in [0.15, 0.2) is 47.5 Å². The number of carbonyl (C=O) groups excluding carboxylic acids is 1. The molecular weight excluding hydrogens is 385 g/mol. The van der Waals surface area contributed by atoms with E-state index in [1.54, 1.807) is 24.3 Å². The second-order valence-corrected chi connectivity index (χ2v) is 7.42. The monoisotopic (exact) mass is 403 g/mol. The van der Waals surface area contributed by atoms with E-state index in [2.05, 4.69) is 21.8 Å². The van der Waals surface area contributed by atoms with E-state index < -0.39 is 5.82 Å². The quantitative estimate of drug-likeness (QED) is 0.434. The van der Waals surface area contributed by atoms with Crippen molar-refractivity contribution in [1.82, 2.24) is 19.7 Å². The Labute approximate surface area is 164 Å². The lowest BCUT2D eigenvalue weighted by molar-refractivity contribution is -0.115. The average molecular weight is 404 g/mol. The van der Waals surface area contributed by atoms with Crippen molar-refractivity contribution in [2.24, 2.45) is 0 Å². The Morgan fingerprint density at radius 2 is 2.19 bits per heavy atom. The number of carbonyl (C=O) groups is 1. The zero-order valence-electron chi connectivity index (χ0n) is 14.9. The maximum atomic E-state index is 14.1. The van der Waals surface area contributed by atoms with E-state index >= 15 is 0 Å². The maximum Gasteiger partial charge on any atom is 0.230 e. The molecule has 9 heteroatoms. The Hall–Kier alpha value is -2.52. The largest absolute Gasteiger partial charge is 0.302 e. The van der Waals surface area contributed by atoms with Crippen LogP contribution in [0, 0.1) is 12.7 Å². The Bertz CT molecular complexity index is 968. The number of thioether (sulfide) groups is 1. The Balaban J connectivity index is 1.79. The summed E-state index contributed by atoms with van der Waals surface area (Å²) in [4.78, 5) is 17.9. The van der Waals surface area contributed by atoms with E-state index in [4.69, 9.17) is 0 Å². The van der Waals surface area contributed by atoms with Crippen molar-refractivity contribution < 1.29 is 9.18 Å². The van der Waals surface area contributed by atoms with Gasteiger partial charge in [-0.3, -0.25) is 9.69 Å². The predicted molar refractivity (Wildman–Crippen MR) is 106 cm³/mol. The van der Waals surface area contributed by atoms with Gasteiger partial charge >= 0.3 is 0 Å². The van der Waals surface area contributed by atoms with Gasteiger partial charge in [0.25, 0.3) is 0 Å². The fourth-order valence-corrected chi connectivity index (χ4v) is 4.32. The zero-order valence-corrected chi connectivity index (χ0v) is 16.6. The first-order valence-electron chi connectivity index (χ1n) is 8.14. The SMILES string of the molecule is C=CCn1c(C)nnc1SCc1csc(N(C(C)=O)c2ccccc2F)n1. The molecular formula is C18H18FN5OS2. The van der Waals surface area contributed by atoms with Crippen molar-refractivity contribution in [3.05, 3.63) is 59.6 Å². The van der Waals surface area contributed by atoms with Crippen LogP contribution >= 0.6 is 23.1 Å². The van der Waals surface area contributed by atoms with Crippen LogP contribution in [0.3, 0.4) is 0 Å². The third-order valence-corrected chi connectivity index (χ3v) is 5.58. The zero-order chi connectivity index (χ0) is 19.4. The summed E-state index contributed by atoms with van der Waals surface area (Å²) >= 11 is 2.80. The Morgan fingerprint density at radius 1 is 1.41 bits per heavy atom. The lowest BCUT2D eigenvalue weighted by atomic mass is 10.3. The molecule has 3 rings (SSSR count). The number of para-hydroxylation sites is 1. The number of halogens is 1. The van der Waals surface area contributed by atoms with Gasteiger partial charge in [0.05, 0.1) is 11.4 Å². The molecule has 27 heavy (non-hydrogen) atoms. The molecule has 2 aromatic heterocycles. The van der Waals surface area contributed by atoms with E-state index in [1.165, 1.54) is 41.0 Å². The molecule has 1 aromatic carbocycles. The number of hydrogen-bond donors (Lipinski definition) is 0. The molecule has 0 bridgehead atoms. The van der Waals surface area contributed by atoms with Gasteiger partial charge in [0.2, 0.25) is 5.91 Å². The number of hydrogen-bond acceptors (Lipinski definition) is 6. The van der Waals surface area contributed by atoms with Crippen molar-refractivity contribution >= 4 is 39.8 Å². The molecule has 140 valence electrons. The van der Waals surface area contributed by atoms with Gasteiger partial charge in [0.1, 0.15) is 11.6 Å². The van der Waals surface area contributed by atoms with Crippen LogP contribution in [0.5, 0.6) is 0 Å². The van der Waals surface area contributed by atoms with Crippen LogP contribution in [0.1, 0.15) is 18.4 Å². The number of rotatable bonds is 7. The maximum absolute atomic E-state index is 14.1. The van der Waals surface area contributed by atoms with Gasteiger partial charge in [-0.1, -0.05) is 30.0 Å². The summed E-state index contributed by atoms with van der Waals surface area (Å²) in [7, 11) is 0. The Kier molecular flexibility index (Phi) is 6.02. The van der Waals surface area contributed by atoms with Crippen LogP contribution in [0.2, 0.25) is 0 Å². The highest BCUT2D eigenvalue weighted by atomic mass is 32.2. The molecule has 0 spiro atoms. The number of benzene rings is 1. The lowest BCUT2D eigenvalue weighted by Crippen LogP contribution is -2.23. The number of amides is 1. The summed E-state index contributed by atoms with van der Waals surface area (Å²) in [6.45, 7) is 7.66. The number of aromatic nitrogens is 4. The number of anilines is 2. The Morgan fingerprint density at radius 3 is 2.89 bits per heavy atom. The standard InChI is InChI=1S/C18H18FN5OS2/c1-4-9-23-12(2)21-22-18(23)27-11-14-10-26-17(20-14)24(13(3)25)16-8-6-5-7-15(16)19/h4-8,10H,1,9,11H2,2-3H3. The molecule has 0 aliphatic rings. The minimum absolute atomic E-state index is 0.194. The van der Waals surface area contributed by atoms with Crippen LogP contribution < -0.4 is 4.90 Å². The normalized spacial score (nSPS) is 10.8. The van der Waals surface area contributed by atoms with Crippen LogP contribution in [0.4, 0.5) is 15.2 Å². The smallest absolute Gasteiger partial charge is 0.230 e. The molecule has 0 radical (unpaired) electrons. The predicted octanol–water partition coefficient (Wildman–Crippen LogP) is 4.35. The summed E-state index contributed by atoms with van der Waals surface area (Å²) in [6.07, 6.45) is 1.79. The molecule has 6 nitrogen and oxygen atoms in total. The van der Waals surface area contributed by atoms with Gasteiger partial charge in [0.15, 0.2) is 10.3 Å². The molecule has 0 fully saturated rings. The van der Waals surface area contributed by atoms with Crippen LogP contribution in [0.25, 0.3) is 0 Å². The first-order chi connectivity index (χ1) is 13.0. The molecule has 0 aliphatic heterocycles. The minimum atomic E-state index is -0.466. The highest BCUT2D eigenvalue weighted by Crippen LogP contribution is 2.32. The second-order valence-electron chi connectivity index (χ2n) is 5.65. The molecule has 0 unspecified atom stereocenters. The summed E-state index contributed by atoms with van der Waals surface area (Å²) in [5, 5.41) is 11.3. The first-order valence-corrected chi connectivity index (χ1v) is 10.0. The third kappa shape index (κ3) is 4.25. The molecule has 0 N–H and O–H groups in total. The number of thiazole rings is 1. The fraction of sp³-hybridized carbons (Fsp3) is 0.222. The van der Waals surface area contributed by atoms with E-state index in [0.29, 0.717) is 17.4 Å². The van der Waals surface area contributed by atoms with E-state index in [-0.39, 0.29) is 11.6 Å².